The van der Waals surface area contributed by atoms with Crippen molar-refractivity contribution in [2.75, 3.05) is 25.4 Å². The fraction of sp³-hybridized carbons (Fsp3) is 1.00. The van der Waals surface area contributed by atoms with E-state index in [4.69, 9.17) is 5.73 Å². The van der Waals surface area contributed by atoms with Gasteiger partial charge in [0.25, 0.3) is 0 Å². The van der Waals surface area contributed by atoms with Gasteiger partial charge < -0.3 is 5.73 Å². The molecule has 2 nitrogen and oxygen atoms in total. The molecule has 0 amide bonds. The van der Waals surface area contributed by atoms with Gasteiger partial charge in [-0.25, -0.2) is 0 Å². The standard InChI is InChI=1S/C15H30N2S/c1-12-5-4-6-15(9-12,10-16)11-17-7-8-18-14(3)13(17)2/h12-14H,4-11,16H2,1-3H3. The zero-order valence-electron chi connectivity index (χ0n) is 12.3. The molecule has 0 aromatic rings. The van der Waals surface area contributed by atoms with Gasteiger partial charge in [-0.3, -0.25) is 4.90 Å². The Morgan fingerprint density at radius 3 is 2.78 bits per heavy atom. The summed E-state index contributed by atoms with van der Waals surface area (Å²) in [5, 5.41) is 0.773. The van der Waals surface area contributed by atoms with Crippen LogP contribution in [0.15, 0.2) is 0 Å². The van der Waals surface area contributed by atoms with Crippen LogP contribution in [-0.4, -0.2) is 41.6 Å². The lowest BCUT2D eigenvalue weighted by molar-refractivity contribution is 0.0699. The van der Waals surface area contributed by atoms with Gasteiger partial charge in [-0.1, -0.05) is 26.7 Å². The van der Waals surface area contributed by atoms with E-state index >= 15 is 0 Å². The zero-order valence-corrected chi connectivity index (χ0v) is 13.1. The third kappa shape index (κ3) is 3.23. The molecular weight excluding hydrogens is 240 g/mol. The van der Waals surface area contributed by atoms with Gasteiger partial charge in [-0.15, -0.1) is 0 Å². The largest absolute Gasteiger partial charge is 0.330 e. The van der Waals surface area contributed by atoms with Gasteiger partial charge in [-0.05, 0) is 37.6 Å². The number of nitrogens with two attached hydrogens (primary N) is 1. The van der Waals surface area contributed by atoms with Crippen LogP contribution in [0.5, 0.6) is 0 Å². The highest BCUT2D eigenvalue weighted by Crippen LogP contribution is 2.40. The van der Waals surface area contributed by atoms with E-state index in [1.165, 1.54) is 44.5 Å². The van der Waals surface area contributed by atoms with Crippen LogP contribution in [0, 0.1) is 11.3 Å². The van der Waals surface area contributed by atoms with Crippen molar-refractivity contribution in [3.63, 3.8) is 0 Å². The SMILES string of the molecule is CC1CCCC(CN)(CN2CCSC(C)C2C)C1. The maximum absolute atomic E-state index is 6.17. The van der Waals surface area contributed by atoms with Crippen LogP contribution in [0.25, 0.3) is 0 Å². The fourth-order valence-electron chi connectivity index (χ4n) is 3.81. The lowest BCUT2D eigenvalue weighted by Crippen LogP contribution is -2.52. The molecule has 1 heterocycles. The maximum Gasteiger partial charge on any atom is 0.0184 e. The number of rotatable bonds is 3. The van der Waals surface area contributed by atoms with Crippen molar-refractivity contribution in [1.29, 1.82) is 0 Å². The van der Waals surface area contributed by atoms with Gasteiger partial charge in [0.2, 0.25) is 0 Å². The molecule has 4 unspecified atom stereocenters. The molecule has 4 atom stereocenters. The normalized spacial score (nSPS) is 43.0. The first-order valence-electron chi connectivity index (χ1n) is 7.62. The molecule has 106 valence electrons. The van der Waals surface area contributed by atoms with E-state index in [1.54, 1.807) is 0 Å². The van der Waals surface area contributed by atoms with Crippen molar-refractivity contribution in [1.82, 2.24) is 4.90 Å². The molecule has 18 heavy (non-hydrogen) atoms. The Morgan fingerprint density at radius 2 is 2.11 bits per heavy atom. The number of thioether (sulfide) groups is 1. The maximum atomic E-state index is 6.17. The third-order valence-corrected chi connectivity index (χ3v) is 6.51. The Morgan fingerprint density at radius 1 is 1.33 bits per heavy atom. The smallest absolute Gasteiger partial charge is 0.0184 e. The molecule has 0 spiro atoms. The monoisotopic (exact) mass is 270 g/mol. The minimum absolute atomic E-state index is 0.410. The summed E-state index contributed by atoms with van der Waals surface area (Å²) >= 11 is 2.13. The van der Waals surface area contributed by atoms with Gasteiger partial charge in [0.15, 0.2) is 0 Å². The highest BCUT2D eigenvalue weighted by molar-refractivity contribution is 8.00. The molecule has 0 aromatic carbocycles. The van der Waals surface area contributed by atoms with Crippen molar-refractivity contribution in [3.8, 4) is 0 Å². The molecule has 0 radical (unpaired) electrons. The Kier molecular flexibility index (Phi) is 5.01. The van der Waals surface area contributed by atoms with E-state index in [0.29, 0.717) is 11.5 Å². The summed E-state index contributed by atoms with van der Waals surface area (Å²) in [5.74, 6) is 2.16. The van der Waals surface area contributed by atoms with E-state index in [1.807, 2.05) is 0 Å². The van der Waals surface area contributed by atoms with Gasteiger partial charge in [0, 0.05) is 30.1 Å². The van der Waals surface area contributed by atoms with Crippen molar-refractivity contribution >= 4 is 11.8 Å². The van der Waals surface area contributed by atoms with Crippen LogP contribution < -0.4 is 5.73 Å². The molecule has 2 fully saturated rings. The molecule has 1 aliphatic carbocycles. The summed E-state index contributed by atoms with van der Waals surface area (Å²) in [6.45, 7) is 10.5. The summed E-state index contributed by atoms with van der Waals surface area (Å²) in [5.41, 5.74) is 6.58. The third-order valence-electron chi connectivity index (χ3n) is 5.17. The second-order valence-electron chi connectivity index (χ2n) is 6.69. The average molecular weight is 270 g/mol. The van der Waals surface area contributed by atoms with Crippen molar-refractivity contribution < 1.29 is 0 Å². The Bertz CT molecular complexity index is 271. The number of hydrogen-bond acceptors (Lipinski definition) is 3. The number of hydrogen-bond donors (Lipinski definition) is 1. The summed E-state index contributed by atoms with van der Waals surface area (Å²) in [4.78, 5) is 2.71. The first-order valence-corrected chi connectivity index (χ1v) is 8.67. The lowest BCUT2D eigenvalue weighted by Gasteiger charge is -2.46. The first kappa shape index (κ1) is 14.7. The van der Waals surface area contributed by atoms with Gasteiger partial charge in [-0.2, -0.15) is 11.8 Å². The van der Waals surface area contributed by atoms with E-state index in [2.05, 4.69) is 37.4 Å². The molecule has 0 aromatic heterocycles. The number of nitrogens with zero attached hydrogens (tertiary/aromatic N) is 1. The molecule has 3 heteroatoms. The first-order chi connectivity index (χ1) is 8.56. The van der Waals surface area contributed by atoms with Crippen molar-refractivity contribution in [2.24, 2.45) is 17.1 Å². The average Bonchev–Trinajstić information content (AvgIpc) is 2.35. The van der Waals surface area contributed by atoms with Crippen LogP contribution in [0.3, 0.4) is 0 Å². The summed E-state index contributed by atoms with van der Waals surface area (Å²) in [6, 6.07) is 0.712. The van der Waals surface area contributed by atoms with Gasteiger partial charge in [0.05, 0.1) is 0 Å². The van der Waals surface area contributed by atoms with E-state index in [0.717, 1.165) is 17.7 Å². The quantitative estimate of drug-likeness (QED) is 0.855. The summed E-state index contributed by atoms with van der Waals surface area (Å²) in [6.07, 6.45) is 5.47. The Hall–Kier alpha value is 0.270. The second-order valence-corrected chi connectivity index (χ2v) is 8.18. The van der Waals surface area contributed by atoms with Gasteiger partial charge >= 0.3 is 0 Å². The Labute approximate surface area is 117 Å². The van der Waals surface area contributed by atoms with E-state index < -0.39 is 0 Å². The molecule has 2 aliphatic rings. The minimum atomic E-state index is 0.410. The predicted molar refractivity (Wildman–Crippen MR) is 82.1 cm³/mol. The highest BCUT2D eigenvalue weighted by atomic mass is 32.2. The molecule has 0 bridgehead atoms. The summed E-state index contributed by atoms with van der Waals surface area (Å²) < 4.78 is 0. The van der Waals surface area contributed by atoms with E-state index in [9.17, 15) is 0 Å². The zero-order chi connectivity index (χ0) is 13.2. The van der Waals surface area contributed by atoms with Crippen molar-refractivity contribution in [2.45, 2.75) is 57.7 Å². The molecular formula is C15H30N2S. The van der Waals surface area contributed by atoms with E-state index in [-0.39, 0.29) is 0 Å². The molecule has 2 N–H and O–H groups in total. The summed E-state index contributed by atoms with van der Waals surface area (Å²) in [7, 11) is 0. The van der Waals surface area contributed by atoms with Crippen molar-refractivity contribution in [3.05, 3.63) is 0 Å². The second kappa shape index (κ2) is 6.15. The highest BCUT2D eigenvalue weighted by Gasteiger charge is 2.37. The lowest BCUT2D eigenvalue weighted by atomic mass is 9.69. The predicted octanol–water partition coefficient (Wildman–Crippen LogP) is 2.97. The fourth-order valence-corrected chi connectivity index (χ4v) is 4.97. The topological polar surface area (TPSA) is 29.3 Å². The molecule has 1 saturated carbocycles. The van der Waals surface area contributed by atoms with Crippen LogP contribution in [-0.2, 0) is 0 Å². The Balaban J connectivity index is 2.00. The molecule has 1 saturated heterocycles. The van der Waals surface area contributed by atoms with Crippen LogP contribution in [0.2, 0.25) is 0 Å². The molecule has 1 aliphatic heterocycles. The van der Waals surface area contributed by atoms with Crippen LogP contribution in [0.4, 0.5) is 0 Å². The van der Waals surface area contributed by atoms with Crippen LogP contribution in [0.1, 0.15) is 46.5 Å². The van der Waals surface area contributed by atoms with Gasteiger partial charge in [0.1, 0.15) is 0 Å². The van der Waals surface area contributed by atoms with Crippen LogP contribution >= 0.6 is 11.8 Å². The molecule has 2 rings (SSSR count). The minimum Gasteiger partial charge on any atom is -0.330 e.